The van der Waals surface area contributed by atoms with Crippen LogP contribution in [0.4, 0.5) is 0 Å². The van der Waals surface area contributed by atoms with E-state index in [0.717, 1.165) is 19.3 Å². The van der Waals surface area contributed by atoms with Gasteiger partial charge in [0.2, 0.25) is 5.91 Å². The van der Waals surface area contributed by atoms with Crippen LogP contribution in [0.5, 0.6) is 0 Å². The Labute approximate surface area is 203 Å². The molecule has 1 atom stereocenters. The van der Waals surface area contributed by atoms with Gasteiger partial charge in [-0.15, -0.1) is 0 Å². The molecule has 1 amide bonds. The van der Waals surface area contributed by atoms with Gasteiger partial charge in [-0.05, 0) is 68.1 Å². The van der Waals surface area contributed by atoms with E-state index in [2.05, 4.69) is 12.1 Å². The third-order valence-electron chi connectivity index (χ3n) is 6.42. The summed E-state index contributed by atoms with van der Waals surface area (Å²) in [7, 11) is 0. The van der Waals surface area contributed by atoms with Crippen LogP contribution in [0.25, 0.3) is 16.6 Å². The number of fused-ring (bicyclic) bond motifs is 1. The van der Waals surface area contributed by atoms with Gasteiger partial charge in [0.25, 0.3) is 5.56 Å². The van der Waals surface area contributed by atoms with Crippen LogP contribution in [-0.2, 0) is 11.2 Å². The van der Waals surface area contributed by atoms with Crippen molar-refractivity contribution in [1.29, 1.82) is 0 Å². The first-order valence-corrected chi connectivity index (χ1v) is 12.0. The quantitative estimate of drug-likeness (QED) is 0.353. The highest BCUT2D eigenvalue weighted by atomic mass is 35.5. The van der Waals surface area contributed by atoms with Gasteiger partial charge in [-0.1, -0.05) is 54.1 Å². The van der Waals surface area contributed by atoms with E-state index in [1.807, 2.05) is 60.4 Å². The van der Waals surface area contributed by atoms with E-state index >= 15 is 0 Å². The maximum atomic E-state index is 13.6. The van der Waals surface area contributed by atoms with Crippen molar-refractivity contribution in [3.05, 3.63) is 106 Å². The molecule has 172 valence electrons. The maximum absolute atomic E-state index is 13.6. The monoisotopic (exact) mass is 471 g/mol. The average Bonchev–Trinajstić information content (AvgIpc) is 3.71. The van der Waals surface area contributed by atoms with Crippen molar-refractivity contribution in [2.24, 2.45) is 5.92 Å². The Bertz CT molecular complexity index is 1380. The highest BCUT2D eigenvalue weighted by molar-refractivity contribution is 6.30. The lowest BCUT2D eigenvalue weighted by Crippen LogP contribution is -2.39. The second-order valence-electron chi connectivity index (χ2n) is 8.82. The topological polar surface area (TPSA) is 55.2 Å². The molecule has 0 spiro atoms. The first kappa shape index (κ1) is 22.4. The fourth-order valence-electron chi connectivity index (χ4n) is 4.36. The molecule has 5 nitrogen and oxygen atoms in total. The van der Waals surface area contributed by atoms with Crippen molar-refractivity contribution in [1.82, 2.24) is 14.5 Å². The minimum absolute atomic E-state index is 0.0642. The molecule has 5 rings (SSSR count). The Hall–Kier alpha value is -3.44. The number of nitrogens with zero attached hydrogens (tertiary/aromatic N) is 3. The third-order valence-corrected chi connectivity index (χ3v) is 6.67. The van der Waals surface area contributed by atoms with Gasteiger partial charge in [0, 0.05) is 17.5 Å². The van der Waals surface area contributed by atoms with Crippen molar-refractivity contribution in [2.75, 3.05) is 6.54 Å². The van der Waals surface area contributed by atoms with Crippen LogP contribution in [0.2, 0.25) is 5.02 Å². The molecule has 0 radical (unpaired) electrons. The van der Waals surface area contributed by atoms with E-state index in [4.69, 9.17) is 16.6 Å². The summed E-state index contributed by atoms with van der Waals surface area (Å²) in [5, 5.41) is 1.13. The molecule has 6 heteroatoms. The van der Waals surface area contributed by atoms with Gasteiger partial charge in [-0.2, -0.15) is 0 Å². The predicted molar refractivity (Wildman–Crippen MR) is 135 cm³/mol. The van der Waals surface area contributed by atoms with Crippen LogP contribution >= 0.6 is 11.6 Å². The molecule has 0 aliphatic heterocycles. The molecule has 1 aliphatic rings. The number of rotatable bonds is 7. The predicted octanol–water partition coefficient (Wildman–Crippen LogP) is 5.58. The van der Waals surface area contributed by atoms with Crippen molar-refractivity contribution in [2.45, 2.75) is 32.2 Å². The first-order chi connectivity index (χ1) is 16.5. The molecule has 0 saturated heterocycles. The summed E-state index contributed by atoms with van der Waals surface area (Å²) in [6, 6.07) is 24.2. The maximum Gasteiger partial charge on any atom is 0.266 e. The number of amides is 1. The van der Waals surface area contributed by atoms with Crippen molar-refractivity contribution >= 4 is 28.4 Å². The molecule has 1 saturated carbocycles. The van der Waals surface area contributed by atoms with Gasteiger partial charge in [0.15, 0.2) is 0 Å². The zero-order valence-corrected chi connectivity index (χ0v) is 19.8. The number of para-hydroxylation sites is 1. The van der Waals surface area contributed by atoms with E-state index in [1.54, 1.807) is 22.8 Å². The Morgan fingerprint density at radius 1 is 1.03 bits per heavy atom. The molecule has 1 unspecified atom stereocenters. The normalized spacial score (nSPS) is 14.2. The number of aromatic nitrogens is 2. The van der Waals surface area contributed by atoms with E-state index in [9.17, 15) is 9.59 Å². The molecule has 3 aromatic carbocycles. The van der Waals surface area contributed by atoms with Gasteiger partial charge >= 0.3 is 0 Å². The second kappa shape index (κ2) is 9.43. The van der Waals surface area contributed by atoms with Crippen LogP contribution in [-0.4, -0.2) is 26.9 Å². The molecule has 1 heterocycles. The summed E-state index contributed by atoms with van der Waals surface area (Å²) in [5.41, 5.74) is 2.32. The largest absolute Gasteiger partial charge is 0.332 e. The molecule has 1 aromatic heterocycles. The number of carbonyl (C=O) groups is 1. The standard InChI is InChI=1S/C28H26ClN3O2/c1-19(31(27(33)21-11-12-21)18-17-20-7-3-2-4-8-20)26-30-25-10-6-5-9-24(25)28(34)32(26)23-15-13-22(29)14-16-23/h2-10,13-16,19,21H,11-12,17-18H2,1H3. The zero-order chi connectivity index (χ0) is 23.7. The average molecular weight is 472 g/mol. The Morgan fingerprint density at radius 2 is 1.71 bits per heavy atom. The fourth-order valence-corrected chi connectivity index (χ4v) is 4.49. The minimum Gasteiger partial charge on any atom is -0.332 e. The summed E-state index contributed by atoms with van der Waals surface area (Å²) in [6.45, 7) is 2.53. The molecule has 1 fully saturated rings. The van der Waals surface area contributed by atoms with E-state index < -0.39 is 0 Å². The number of hydrogen-bond acceptors (Lipinski definition) is 3. The Morgan fingerprint density at radius 3 is 2.41 bits per heavy atom. The first-order valence-electron chi connectivity index (χ1n) is 11.6. The molecule has 34 heavy (non-hydrogen) atoms. The van der Waals surface area contributed by atoms with E-state index in [-0.39, 0.29) is 23.4 Å². The number of carbonyl (C=O) groups excluding carboxylic acids is 1. The van der Waals surface area contributed by atoms with E-state index in [1.165, 1.54) is 5.56 Å². The summed E-state index contributed by atoms with van der Waals surface area (Å²) in [6.07, 6.45) is 2.58. The van der Waals surface area contributed by atoms with Gasteiger partial charge in [-0.3, -0.25) is 14.2 Å². The lowest BCUT2D eigenvalue weighted by atomic mass is 10.1. The molecule has 4 aromatic rings. The fraction of sp³-hybridized carbons (Fsp3) is 0.250. The lowest BCUT2D eigenvalue weighted by Gasteiger charge is -2.31. The van der Waals surface area contributed by atoms with Crippen molar-refractivity contribution in [3.63, 3.8) is 0 Å². The van der Waals surface area contributed by atoms with Gasteiger partial charge in [-0.25, -0.2) is 4.98 Å². The highest BCUT2D eigenvalue weighted by Gasteiger charge is 2.36. The molecule has 0 N–H and O–H groups in total. The third kappa shape index (κ3) is 4.48. The Kier molecular flexibility index (Phi) is 6.20. The van der Waals surface area contributed by atoms with Crippen molar-refractivity contribution in [3.8, 4) is 5.69 Å². The van der Waals surface area contributed by atoms with Gasteiger partial charge < -0.3 is 4.90 Å². The summed E-state index contributed by atoms with van der Waals surface area (Å²) in [5.74, 6) is 0.746. The van der Waals surface area contributed by atoms with Crippen LogP contribution in [0.3, 0.4) is 0 Å². The van der Waals surface area contributed by atoms with Crippen LogP contribution in [0.1, 0.15) is 37.2 Å². The summed E-state index contributed by atoms with van der Waals surface area (Å²) >= 11 is 6.11. The van der Waals surface area contributed by atoms with E-state index in [0.29, 0.717) is 34.0 Å². The van der Waals surface area contributed by atoms with Crippen LogP contribution in [0, 0.1) is 5.92 Å². The number of benzene rings is 3. The molecular formula is C28H26ClN3O2. The number of halogens is 1. The van der Waals surface area contributed by atoms with Crippen molar-refractivity contribution < 1.29 is 4.79 Å². The van der Waals surface area contributed by atoms with Crippen LogP contribution < -0.4 is 5.56 Å². The van der Waals surface area contributed by atoms with Gasteiger partial charge in [0.1, 0.15) is 5.82 Å². The summed E-state index contributed by atoms with van der Waals surface area (Å²) < 4.78 is 1.62. The second-order valence-corrected chi connectivity index (χ2v) is 9.26. The number of hydrogen-bond donors (Lipinski definition) is 0. The SMILES string of the molecule is CC(c1nc2ccccc2c(=O)n1-c1ccc(Cl)cc1)N(CCc1ccccc1)C(=O)C1CC1. The summed E-state index contributed by atoms with van der Waals surface area (Å²) in [4.78, 5) is 33.8. The Balaban J connectivity index is 1.61. The smallest absolute Gasteiger partial charge is 0.266 e. The minimum atomic E-state index is -0.384. The molecule has 1 aliphatic carbocycles. The lowest BCUT2D eigenvalue weighted by molar-refractivity contribution is -0.134. The van der Waals surface area contributed by atoms with Crippen LogP contribution in [0.15, 0.2) is 83.7 Å². The highest BCUT2D eigenvalue weighted by Crippen LogP contribution is 2.34. The van der Waals surface area contributed by atoms with Gasteiger partial charge in [0.05, 0.1) is 22.6 Å². The molecule has 0 bridgehead atoms. The zero-order valence-electron chi connectivity index (χ0n) is 19.0. The molecular weight excluding hydrogens is 446 g/mol.